The molecule has 188 valence electrons. The largest absolute Gasteiger partial charge is 0.551 e. The van der Waals surface area contributed by atoms with E-state index in [9.17, 15) is 14.7 Å². The number of hydroxylamine groups is 3. The zero-order chi connectivity index (χ0) is 25.7. The van der Waals surface area contributed by atoms with E-state index in [0.29, 0.717) is 6.42 Å². The van der Waals surface area contributed by atoms with Gasteiger partial charge in [-0.1, -0.05) is 89.6 Å². The number of fused-ring (bicyclic) bond motifs is 1. The zero-order valence-corrected chi connectivity index (χ0v) is 21.0. The summed E-state index contributed by atoms with van der Waals surface area (Å²) < 4.78 is 4.91. The molecule has 3 aromatic carbocycles. The van der Waals surface area contributed by atoms with Crippen LogP contribution in [0.1, 0.15) is 22.4 Å². The van der Waals surface area contributed by atoms with Crippen molar-refractivity contribution < 1.29 is 28.9 Å². The Kier molecular flexibility index (Phi) is 7.41. The number of rotatable bonds is 8. The second-order valence-electron chi connectivity index (χ2n) is 8.91. The summed E-state index contributed by atoms with van der Waals surface area (Å²) in [5.74, 6) is -1.11. The van der Waals surface area contributed by atoms with Crippen LogP contribution in [0.2, 0.25) is 0 Å². The summed E-state index contributed by atoms with van der Waals surface area (Å²) in [6.07, 6.45) is -0.113. The van der Waals surface area contributed by atoms with E-state index in [1.165, 1.54) is 11.3 Å². The van der Waals surface area contributed by atoms with Gasteiger partial charge < -0.3 is 9.84 Å². The molecule has 2 heterocycles. The fraction of sp³-hybridized carbons (Fsp3) is 0.207. The van der Waals surface area contributed by atoms with Crippen LogP contribution < -0.4 is 0 Å². The monoisotopic (exact) mass is 515 g/mol. The molecule has 8 heteroatoms. The number of carboxylic acid groups (broad SMARTS) is 1. The Bertz CT molecular complexity index is 1380. The smallest absolute Gasteiger partial charge is 0.477 e. The number of aliphatic carboxylic acids is 1. The van der Waals surface area contributed by atoms with Crippen LogP contribution in [-0.4, -0.2) is 39.4 Å². The van der Waals surface area contributed by atoms with Gasteiger partial charge >= 0.3 is 12.1 Å². The molecule has 5 rings (SSSR count). The summed E-state index contributed by atoms with van der Waals surface area (Å²) in [7, 11) is 0. The van der Waals surface area contributed by atoms with Gasteiger partial charge in [0.1, 0.15) is 24.8 Å². The maximum absolute atomic E-state index is 13.6. The first-order valence-corrected chi connectivity index (χ1v) is 13.0. The third kappa shape index (κ3) is 5.46. The summed E-state index contributed by atoms with van der Waals surface area (Å²) in [6, 6.07) is 25.6. The number of benzene rings is 3. The number of carbonyl (C=O) groups is 2. The Balaban J connectivity index is 1.38. The van der Waals surface area contributed by atoms with Crippen molar-refractivity contribution in [3.05, 3.63) is 113 Å². The van der Waals surface area contributed by atoms with Gasteiger partial charge in [-0.05, 0) is 11.1 Å². The van der Waals surface area contributed by atoms with Gasteiger partial charge in [-0.25, -0.2) is 9.78 Å². The number of aromatic nitrogens is 1. The molecule has 1 N–H and O–H groups in total. The lowest BCUT2D eigenvalue weighted by molar-refractivity contribution is -1.07. The number of nitrogens with zero attached hydrogens (tertiary/aromatic N) is 2. The molecular weight excluding hydrogens is 488 g/mol. The number of carboxylic acids is 1. The van der Waals surface area contributed by atoms with Crippen molar-refractivity contribution >= 4 is 23.4 Å². The van der Waals surface area contributed by atoms with E-state index in [2.05, 4.69) is 0 Å². The van der Waals surface area contributed by atoms with Gasteiger partial charge in [-0.15, -0.1) is 11.3 Å². The first-order chi connectivity index (χ1) is 18.0. The van der Waals surface area contributed by atoms with Crippen LogP contribution >= 0.6 is 11.3 Å². The predicted molar refractivity (Wildman–Crippen MR) is 139 cm³/mol. The third-order valence-electron chi connectivity index (χ3n) is 6.49. The fourth-order valence-electron chi connectivity index (χ4n) is 4.55. The predicted octanol–water partition coefficient (Wildman–Crippen LogP) is 5.65. The second kappa shape index (κ2) is 11.0. The summed E-state index contributed by atoms with van der Waals surface area (Å²) in [6.45, 7) is 0.223. The summed E-state index contributed by atoms with van der Waals surface area (Å²) in [5.41, 5.74) is 4.44. The van der Waals surface area contributed by atoms with Crippen molar-refractivity contribution in [1.82, 2.24) is 4.98 Å². The molecule has 7 nitrogen and oxygen atoms in total. The number of hydrogen-bond donors (Lipinski definition) is 1. The Morgan fingerprint density at radius 2 is 1.62 bits per heavy atom. The van der Waals surface area contributed by atoms with Gasteiger partial charge in [0.25, 0.3) is 0 Å². The SMILES string of the molecule is O=C(O)C1Cc2ccccc2C[N+]1(OCCc1csc(-c2ccccc2)n1)C(=O)OCc1ccccc1. The first kappa shape index (κ1) is 24.8. The van der Waals surface area contributed by atoms with Crippen molar-refractivity contribution in [3.8, 4) is 10.6 Å². The highest BCUT2D eigenvalue weighted by molar-refractivity contribution is 7.13. The van der Waals surface area contributed by atoms with Crippen LogP contribution in [0.15, 0.2) is 90.3 Å². The Morgan fingerprint density at radius 3 is 2.35 bits per heavy atom. The number of hydrogen-bond acceptors (Lipinski definition) is 6. The minimum absolute atomic E-state index is 0.0313. The molecule has 1 aromatic heterocycles. The average molecular weight is 516 g/mol. The fourth-order valence-corrected chi connectivity index (χ4v) is 5.41. The molecule has 2 atom stereocenters. The molecule has 2 unspecified atom stereocenters. The van der Waals surface area contributed by atoms with Crippen LogP contribution in [-0.2, 0) is 40.4 Å². The minimum atomic E-state index is -1.13. The molecule has 1 aliphatic heterocycles. The maximum Gasteiger partial charge on any atom is 0.551 e. The van der Waals surface area contributed by atoms with Gasteiger partial charge in [0.2, 0.25) is 6.04 Å². The van der Waals surface area contributed by atoms with Crippen LogP contribution in [0.4, 0.5) is 4.79 Å². The van der Waals surface area contributed by atoms with Gasteiger partial charge in [0, 0.05) is 29.3 Å². The molecular formula is C29H27N2O5S+. The van der Waals surface area contributed by atoms with Crippen LogP contribution in [0.5, 0.6) is 0 Å². The van der Waals surface area contributed by atoms with Gasteiger partial charge in [0.05, 0.1) is 5.69 Å². The summed E-state index contributed by atoms with van der Waals surface area (Å²) in [5, 5.41) is 13.0. The minimum Gasteiger partial charge on any atom is -0.477 e. The standard InChI is InChI=1S/C29H26N2O5S/c32-28(33)26-17-23-13-7-8-14-24(23)18-31(26,29(34)35-19-21-9-3-1-4-10-21)36-16-15-25-20-37-27(30-25)22-11-5-2-6-12-22/h1-14,20,26H,15-19H2/p+1. The molecule has 1 amide bonds. The van der Waals surface area contributed by atoms with Gasteiger partial charge in [-0.3, -0.25) is 0 Å². The van der Waals surface area contributed by atoms with Crippen molar-refractivity contribution in [1.29, 1.82) is 0 Å². The normalized spacial score (nSPS) is 18.6. The Morgan fingerprint density at radius 1 is 0.946 bits per heavy atom. The molecule has 0 radical (unpaired) electrons. The van der Waals surface area contributed by atoms with Gasteiger partial charge in [0.15, 0.2) is 0 Å². The van der Waals surface area contributed by atoms with Gasteiger partial charge in [-0.2, -0.15) is 9.63 Å². The van der Waals surface area contributed by atoms with Crippen LogP contribution in [0.25, 0.3) is 10.6 Å². The molecule has 0 fully saturated rings. The van der Waals surface area contributed by atoms with E-state index < -0.39 is 22.8 Å². The van der Waals surface area contributed by atoms with Crippen molar-refractivity contribution in [2.75, 3.05) is 6.61 Å². The van der Waals surface area contributed by atoms with E-state index in [0.717, 1.165) is 33.0 Å². The van der Waals surface area contributed by atoms with E-state index in [1.54, 1.807) is 0 Å². The summed E-state index contributed by atoms with van der Waals surface area (Å²) in [4.78, 5) is 36.9. The van der Waals surface area contributed by atoms with Crippen molar-refractivity contribution in [2.45, 2.75) is 32.0 Å². The quantitative estimate of drug-likeness (QED) is 0.305. The Hall–Kier alpha value is -3.85. The number of thiazole rings is 1. The summed E-state index contributed by atoms with van der Waals surface area (Å²) >= 11 is 1.54. The highest BCUT2D eigenvalue weighted by Crippen LogP contribution is 2.33. The number of ether oxygens (including phenoxy) is 1. The lowest BCUT2D eigenvalue weighted by Gasteiger charge is -2.39. The molecule has 0 bridgehead atoms. The molecule has 0 aliphatic carbocycles. The number of quaternary nitrogens is 1. The highest BCUT2D eigenvalue weighted by Gasteiger charge is 2.56. The van der Waals surface area contributed by atoms with Crippen LogP contribution in [0.3, 0.4) is 0 Å². The molecule has 37 heavy (non-hydrogen) atoms. The molecule has 0 saturated carbocycles. The average Bonchev–Trinajstić information content (AvgIpc) is 3.41. The van der Waals surface area contributed by atoms with Crippen LogP contribution in [0, 0.1) is 0 Å². The first-order valence-electron chi connectivity index (χ1n) is 12.1. The van der Waals surface area contributed by atoms with Crippen molar-refractivity contribution in [2.24, 2.45) is 0 Å². The third-order valence-corrected chi connectivity index (χ3v) is 7.43. The number of amides is 1. The molecule has 0 spiro atoms. The Labute approximate surface area is 219 Å². The number of carbonyl (C=O) groups excluding carboxylic acids is 1. The van der Waals surface area contributed by atoms with E-state index in [1.807, 2.05) is 90.3 Å². The molecule has 0 saturated heterocycles. The lowest BCUT2D eigenvalue weighted by Crippen LogP contribution is -2.64. The van der Waals surface area contributed by atoms with E-state index in [4.69, 9.17) is 14.6 Å². The zero-order valence-electron chi connectivity index (χ0n) is 20.2. The molecule has 4 aromatic rings. The highest BCUT2D eigenvalue weighted by atomic mass is 32.1. The van der Waals surface area contributed by atoms with Crippen molar-refractivity contribution in [3.63, 3.8) is 0 Å². The lowest BCUT2D eigenvalue weighted by atomic mass is 9.94. The van der Waals surface area contributed by atoms with E-state index >= 15 is 0 Å². The second-order valence-corrected chi connectivity index (χ2v) is 9.77. The topological polar surface area (TPSA) is 85.7 Å². The van der Waals surface area contributed by atoms with E-state index in [-0.39, 0.29) is 26.2 Å². The maximum atomic E-state index is 13.6. The molecule has 1 aliphatic rings.